The number of halogens is 2. The molecule has 0 atom stereocenters. The van der Waals surface area contributed by atoms with E-state index in [1.807, 2.05) is 13.8 Å². The van der Waals surface area contributed by atoms with Gasteiger partial charge in [-0.25, -0.2) is 4.39 Å². The predicted octanol–water partition coefficient (Wildman–Crippen LogP) is 2.68. The van der Waals surface area contributed by atoms with Crippen molar-refractivity contribution in [1.82, 2.24) is 0 Å². The minimum atomic E-state index is -0.527. The monoisotopic (exact) mass is 287 g/mol. The van der Waals surface area contributed by atoms with Gasteiger partial charge in [-0.1, -0.05) is 19.9 Å². The van der Waals surface area contributed by atoms with Crippen molar-refractivity contribution in [3.63, 3.8) is 0 Å². The van der Waals surface area contributed by atoms with E-state index in [9.17, 15) is 9.18 Å². The second-order valence-electron chi connectivity index (χ2n) is 4.44. The summed E-state index contributed by atoms with van der Waals surface area (Å²) in [6.07, 6.45) is 0.281. The zero-order chi connectivity index (χ0) is 12.3. The van der Waals surface area contributed by atoms with Crippen molar-refractivity contribution in [3.05, 3.63) is 34.1 Å². The Hall–Kier alpha value is -0.740. The van der Waals surface area contributed by atoms with Crippen LogP contribution in [0.15, 0.2) is 22.7 Å². The molecule has 0 radical (unpaired) electrons. The molecule has 0 aliphatic rings. The van der Waals surface area contributed by atoms with E-state index < -0.39 is 5.41 Å². The van der Waals surface area contributed by atoms with Crippen LogP contribution in [0.3, 0.4) is 0 Å². The number of ketones is 1. The molecule has 4 heteroatoms. The van der Waals surface area contributed by atoms with Crippen LogP contribution in [0.25, 0.3) is 0 Å². The molecule has 0 aliphatic heterocycles. The van der Waals surface area contributed by atoms with E-state index in [4.69, 9.17) is 5.73 Å². The van der Waals surface area contributed by atoms with Gasteiger partial charge in [-0.3, -0.25) is 4.79 Å². The van der Waals surface area contributed by atoms with Crippen LogP contribution in [0, 0.1) is 11.2 Å². The lowest BCUT2D eigenvalue weighted by Crippen LogP contribution is -2.33. The Kier molecular flexibility index (Phi) is 4.21. The zero-order valence-corrected chi connectivity index (χ0v) is 11.0. The van der Waals surface area contributed by atoms with Crippen LogP contribution >= 0.6 is 15.9 Å². The first kappa shape index (κ1) is 13.3. The van der Waals surface area contributed by atoms with E-state index in [2.05, 4.69) is 15.9 Å². The summed E-state index contributed by atoms with van der Waals surface area (Å²) in [7, 11) is 0. The summed E-state index contributed by atoms with van der Waals surface area (Å²) < 4.78 is 13.4. The molecule has 1 aromatic rings. The summed E-state index contributed by atoms with van der Waals surface area (Å²) in [6, 6.07) is 4.59. The average Bonchev–Trinajstić information content (AvgIpc) is 2.23. The summed E-state index contributed by atoms with van der Waals surface area (Å²) >= 11 is 3.09. The molecule has 0 amide bonds. The number of carbonyl (C=O) groups excluding carboxylic acids is 1. The highest BCUT2D eigenvalue weighted by Gasteiger charge is 2.25. The maximum Gasteiger partial charge on any atom is 0.144 e. The standard InChI is InChI=1S/C12H15BrFNO/c1-12(2,7-15)11(16)6-8-3-4-10(14)9(13)5-8/h3-5H,6-7,15H2,1-2H3. The number of hydrogen-bond donors (Lipinski definition) is 1. The molecule has 2 N–H and O–H groups in total. The Labute approximate surface area is 103 Å². The summed E-state index contributed by atoms with van der Waals surface area (Å²) in [5.74, 6) is -0.261. The number of carbonyl (C=O) groups is 1. The summed E-state index contributed by atoms with van der Waals surface area (Å²) in [4.78, 5) is 11.9. The molecule has 0 saturated heterocycles. The van der Waals surface area contributed by atoms with E-state index in [-0.39, 0.29) is 18.0 Å². The van der Waals surface area contributed by atoms with E-state index in [0.29, 0.717) is 11.0 Å². The Morgan fingerprint density at radius 2 is 2.12 bits per heavy atom. The van der Waals surface area contributed by atoms with E-state index in [1.165, 1.54) is 6.07 Å². The summed E-state index contributed by atoms with van der Waals surface area (Å²) in [5.41, 5.74) is 5.79. The van der Waals surface area contributed by atoms with Gasteiger partial charge in [-0.15, -0.1) is 0 Å². The Bertz CT molecular complexity index is 404. The average molecular weight is 288 g/mol. The number of hydrogen-bond acceptors (Lipinski definition) is 2. The lowest BCUT2D eigenvalue weighted by Gasteiger charge is -2.20. The molecule has 0 aromatic heterocycles. The van der Waals surface area contributed by atoms with Crippen molar-refractivity contribution >= 4 is 21.7 Å². The lowest BCUT2D eigenvalue weighted by molar-refractivity contribution is -0.125. The molecule has 0 unspecified atom stereocenters. The molecule has 1 rings (SSSR count). The maximum atomic E-state index is 13.0. The van der Waals surface area contributed by atoms with E-state index in [0.717, 1.165) is 5.56 Å². The molecular formula is C12H15BrFNO. The fraction of sp³-hybridized carbons (Fsp3) is 0.417. The quantitative estimate of drug-likeness (QED) is 0.925. The molecule has 0 saturated carbocycles. The van der Waals surface area contributed by atoms with Gasteiger partial charge in [-0.2, -0.15) is 0 Å². The van der Waals surface area contributed by atoms with Crippen molar-refractivity contribution in [3.8, 4) is 0 Å². The van der Waals surface area contributed by atoms with E-state index in [1.54, 1.807) is 12.1 Å². The third-order valence-electron chi connectivity index (χ3n) is 2.61. The van der Waals surface area contributed by atoms with Gasteiger partial charge in [-0.05, 0) is 33.6 Å². The van der Waals surface area contributed by atoms with Crippen LogP contribution in [-0.2, 0) is 11.2 Å². The van der Waals surface area contributed by atoms with Crippen LogP contribution in [-0.4, -0.2) is 12.3 Å². The third kappa shape index (κ3) is 3.12. The van der Waals surface area contributed by atoms with Crippen molar-refractivity contribution in [2.45, 2.75) is 20.3 Å². The number of benzene rings is 1. The minimum Gasteiger partial charge on any atom is -0.329 e. The van der Waals surface area contributed by atoms with Crippen molar-refractivity contribution in [1.29, 1.82) is 0 Å². The smallest absolute Gasteiger partial charge is 0.144 e. The first-order valence-electron chi connectivity index (χ1n) is 5.04. The second kappa shape index (κ2) is 5.06. The van der Waals surface area contributed by atoms with Gasteiger partial charge < -0.3 is 5.73 Å². The van der Waals surface area contributed by atoms with Gasteiger partial charge in [0.1, 0.15) is 11.6 Å². The van der Waals surface area contributed by atoms with Crippen molar-refractivity contribution < 1.29 is 9.18 Å². The summed E-state index contributed by atoms with van der Waals surface area (Å²) in [6.45, 7) is 3.94. The minimum absolute atomic E-state index is 0.0634. The largest absolute Gasteiger partial charge is 0.329 e. The van der Waals surface area contributed by atoms with E-state index >= 15 is 0 Å². The van der Waals surface area contributed by atoms with Gasteiger partial charge in [0.15, 0.2) is 0 Å². The second-order valence-corrected chi connectivity index (χ2v) is 5.29. The van der Waals surface area contributed by atoms with Crippen LogP contribution in [0.4, 0.5) is 4.39 Å². The van der Waals surface area contributed by atoms with Crippen molar-refractivity contribution in [2.24, 2.45) is 11.1 Å². The molecule has 88 valence electrons. The molecule has 0 heterocycles. The molecule has 16 heavy (non-hydrogen) atoms. The molecule has 0 aliphatic carbocycles. The number of Topliss-reactive ketones (excluding diaryl/α,β-unsaturated/α-hetero) is 1. The summed E-state index contributed by atoms with van der Waals surface area (Å²) in [5, 5.41) is 0. The van der Waals surface area contributed by atoms with Gasteiger partial charge in [0, 0.05) is 18.4 Å². The number of rotatable bonds is 4. The first-order chi connectivity index (χ1) is 7.36. The molecule has 2 nitrogen and oxygen atoms in total. The Morgan fingerprint density at radius 1 is 1.50 bits per heavy atom. The highest BCUT2D eigenvalue weighted by Crippen LogP contribution is 2.21. The normalized spacial score (nSPS) is 11.6. The molecule has 0 spiro atoms. The first-order valence-corrected chi connectivity index (χ1v) is 5.83. The molecule has 0 fully saturated rings. The third-order valence-corrected chi connectivity index (χ3v) is 3.22. The topological polar surface area (TPSA) is 43.1 Å². The van der Waals surface area contributed by atoms with Gasteiger partial charge in [0.25, 0.3) is 0 Å². The molecule has 1 aromatic carbocycles. The van der Waals surface area contributed by atoms with Crippen LogP contribution in [0.1, 0.15) is 19.4 Å². The zero-order valence-electron chi connectivity index (χ0n) is 9.39. The van der Waals surface area contributed by atoms with Gasteiger partial charge in [0.05, 0.1) is 4.47 Å². The Balaban J connectivity index is 2.82. The fourth-order valence-electron chi connectivity index (χ4n) is 1.19. The van der Waals surface area contributed by atoms with Crippen LogP contribution in [0.2, 0.25) is 0 Å². The van der Waals surface area contributed by atoms with Crippen molar-refractivity contribution in [2.75, 3.05) is 6.54 Å². The van der Waals surface area contributed by atoms with Crippen LogP contribution in [0.5, 0.6) is 0 Å². The predicted molar refractivity (Wildman–Crippen MR) is 65.6 cm³/mol. The number of nitrogens with two attached hydrogens (primary N) is 1. The highest BCUT2D eigenvalue weighted by molar-refractivity contribution is 9.10. The Morgan fingerprint density at radius 3 is 2.62 bits per heavy atom. The molecule has 0 bridgehead atoms. The maximum absolute atomic E-state index is 13.0. The SMILES string of the molecule is CC(C)(CN)C(=O)Cc1ccc(F)c(Br)c1. The lowest BCUT2D eigenvalue weighted by atomic mass is 9.85. The van der Waals surface area contributed by atoms with Gasteiger partial charge in [0.2, 0.25) is 0 Å². The molecular weight excluding hydrogens is 273 g/mol. The fourth-order valence-corrected chi connectivity index (χ4v) is 1.61. The van der Waals surface area contributed by atoms with Gasteiger partial charge >= 0.3 is 0 Å². The van der Waals surface area contributed by atoms with Crippen LogP contribution < -0.4 is 5.73 Å². The highest BCUT2D eigenvalue weighted by atomic mass is 79.9.